The average Bonchev–Trinajstić information content (AvgIpc) is 2.84. The molecule has 0 atom stereocenters. The summed E-state index contributed by atoms with van der Waals surface area (Å²) in [7, 11) is 0. The molecule has 0 fully saturated rings. The van der Waals surface area contributed by atoms with E-state index in [1.54, 1.807) is 0 Å². The second-order valence-corrected chi connectivity index (χ2v) is 5.81. The molecule has 1 aromatic heterocycles. The number of aryl methyl sites for hydroxylation is 2. The lowest BCUT2D eigenvalue weighted by atomic mass is 9.99. The number of aromatic nitrogens is 1. The molecule has 0 radical (unpaired) electrons. The van der Waals surface area contributed by atoms with Gasteiger partial charge in [0.15, 0.2) is 0 Å². The fourth-order valence-corrected chi connectivity index (χ4v) is 3.07. The first-order valence-electron chi connectivity index (χ1n) is 7.96. The first-order valence-corrected chi connectivity index (χ1v) is 7.96. The molecule has 0 aliphatic heterocycles. The Morgan fingerprint density at radius 2 is 1.71 bits per heavy atom. The zero-order valence-corrected chi connectivity index (χ0v) is 12.9. The van der Waals surface area contributed by atoms with Gasteiger partial charge in [0.25, 0.3) is 0 Å². The van der Waals surface area contributed by atoms with Crippen LogP contribution in [0.2, 0.25) is 0 Å². The Balaban J connectivity index is 2.01. The topological polar surface area (TPSA) is 15.8 Å². The molecular weight excluding hydrogens is 254 g/mol. The van der Waals surface area contributed by atoms with Crippen LogP contribution in [-0.2, 0) is 6.42 Å². The van der Waals surface area contributed by atoms with E-state index in [1.807, 2.05) is 0 Å². The van der Waals surface area contributed by atoms with Gasteiger partial charge in [0.2, 0.25) is 0 Å². The summed E-state index contributed by atoms with van der Waals surface area (Å²) in [5, 5.41) is 1.39. The standard InChI is InChI=1S/C20H23N/c1-3-4-6-11-18-15(2)21-20-13-12-17(14-19(18)20)16-9-7-5-8-10-16/h5,7-10,12-14,21H,3-4,6,11H2,1-2H3. The van der Waals surface area contributed by atoms with Crippen LogP contribution in [0, 0.1) is 6.92 Å². The van der Waals surface area contributed by atoms with Crippen molar-refractivity contribution in [2.75, 3.05) is 0 Å². The van der Waals surface area contributed by atoms with Gasteiger partial charge < -0.3 is 4.98 Å². The van der Waals surface area contributed by atoms with Gasteiger partial charge in [0.1, 0.15) is 0 Å². The number of hydrogen-bond donors (Lipinski definition) is 1. The molecule has 0 bridgehead atoms. The van der Waals surface area contributed by atoms with Gasteiger partial charge in [-0.25, -0.2) is 0 Å². The van der Waals surface area contributed by atoms with Crippen LogP contribution in [0.3, 0.4) is 0 Å². The van der Waals surface area contributed by atoms with E-state index in [4.69, 9.17) is 0 Å². The van der Waals surface area contributed by atoms with Crippen LogP contribution in [0.15, 0.2) is 48.5 Å². The quantitative estimate of drug-likeness (QED) is 0.561. The van der Waals surface area contributed by atoms with Gasteiger partial charge in [-0.15, -0.1) is 0 Å². The van der Waals surface area contributed by atoms with Gasteiger partial charge in [-0.1, -0.05) is 56.2 Å². The van der Waals surface area contributed by atoms with Crippen LogP contribution >= 0.6 is 0 Å². The number of unbranched alkanes of at least 4 members (excludes halogenated alkanes) is 2. The van der Waals surface area contributed by atoms with Gasteiger partial charge in [0.05, 0.1) is 0 Å². The lowest BCUT2D eigenvalue weighted by Crippen LogP contribution is -1.87. The van der Waals surface area contributed by atoms with Crippen molar-refractivity contribution in [2.24, 2.45) is 0 Å². The summed E-state index contributed by atoms with van der Waals surface area (Å²) < 4.78 is 0. The third kappa shape index (κ3) is 2.87. The minimum atomic E-state index is 1.18. The zero-order chi connectivity index (χ0) is 14.7. The maximum Gasteiger partial charge on any atom is 0.0459 e. The number of hydrogen-bond acceptors (Lipinski definition) is 0. The zero-order valence-electron chi connectivity index (χ0n) is 12.9. The summed E-state index contributed by atoms with van der Waals surface area (Å²) in [6.07, 6.45) is 5.04. The van der Waals surface area contributed by atoms with Crippen molar-refractivity contribution in [1.82, 2.24) is 4.98 Å². The number of rotatable bonds is 5. The number of aromatic amines is 1. The molecule has 0 aliphatic carbocycles. The van der Waals surface area contributed by atoms with Crippen LogP contribution in [0.5, 0.6) is 0 Å². The molecule has 0 saturated carbocycles. The maximum absolute atomic E-state index is 3.53. The van der Waals surface area contributed by atoms with Crippen molar-refractivity contribution < 1.29 is 0 Å². The van der Waals surface area contributed by atoms with Gasteiger partial charge in [0, 0.05) is 16.6 Å². The lowest BCUT2D eigenvalue weighted by molar-refractivity contribution is 0.717. The van der Waals surface area contributed by atoms with Crippen LogP contribution < -0.4 is 0 Å². The highest BCUT2D eigenvalue weighted by Gasteiger charge is 2.09. The van der Waals surface area contributed by atoms with Gasteiger partial charge in [-0.05, 0) is 48.6 Å². The van der Waals surface area contributed by atoms with Crippen molar-refractivity contribution in [3.8, 4) is 11.1 Å². The van der Waals surface area contributed by atoms with Crippen molar-refractivity contribution >= 4 is 10.9 Å². The molecule has 0 amide bonds. The van der Waals surface area contributed by atoms with Crippen molar-refractivity contribution in [1.29, 1.82) is 0 Å². The summed E-state index contributed by atoms with van der Waals surface area (Å²) in [4.78, 5) is 3.53. The van der Waals surface area contributed by atoms with E-state index in [9.17, 15) is 0 Å². The number of benzene rings is 2. The molecule has 0 saturated heterocycles. The highest BCUT2D eigenvalue weighted by atomic mass is 14.7. The minimum absolute atomic E-state index is 1.18. The Bertz CT molecular complexity index is 722. The summed E-state index contributed by atoms with van der Waals surface area (Å²) in [6.45, 7) is 4.46. The fourth-order valence-electron chi connectivity index (χ4n) is 3.07. The summed E-state index contributed by atoms with van der Waals surface area (Å²) in [6, 6.07) is 17.4. The van der Waals surface area contributed by atoms with Gasteiger partial charge in [-0.2, -0.15) is 0 Å². The van der Waals surface area contributed by atoms with Crippen LogP contribution in [0.1, 0.15) is 37.4 Å². The third-order valence-corrected chi connectivity index (χ3v) is 4.26. The Morgan fingerprint density at radius 1 is 0.905 bits per heavy atom. The SMILES string of the molecule is CCCCCc1c(C)[nH]c2ccc(-c3ccccc3)cc12. The molecule has 1 nitrogen and oxygen atoms in total. The average molecular weight is 277 g/mol. The van der Waals surface area contributed by atoms with E-state index in [0.29, 0.717) is 0 Å². The first kappa shape index (κ1) is 13.9. The molecule has 1 heterocycles. The highest BCUT2D eigenvalue weighted by molar-refractivity contribution is 5.89. The minimum Gasteiger partial charge on any atom is -0.358 e. The molecule has 2 aromatic carbocycles. The van der Waals surface area contributed by atoms with E-state index in [2.05, 4.69) is 67.4 Å². The predicted molar refractivity (Wildman–Crippen MR) is 91.7 cm³/mol. The molecule has 3 rings (SSSR count). The van der Waals surface area contributed by atoms with E-state index in [0.717, 1.165) is 0 Å². The summed E-state index contributed by atoms with van der Waals surface area (Å²) in [5.74, 6) is 0. The largest absolute Gasteiger partial charge is 0.358 e. The maximum atomic E-state index is 3.53. The van der Waals surface area contributed by atoms with Crippen molar-refractivity contribution in [3.05, 3.63) is 59.8 Å². The normalized spacial score (nSPS) is 11.1. The van der Waals surface area contributed by atoms with Crippen LogP contribution in [0.25, 0.3) is 22.0 Å². The third-order valence-electron chi connectivity index (χ3n) is 4.26. The van der Waals surface area contributed by atoms with E-state index in [1.165, 1.54) is 59.0 Å². The Hall–Kier alpha value is -2.02. The molecule has 1 N–H and O–H groups in total. The highest BCUT2D eigenvalue weighted by Crippen LogP contribution is 2.29. The Labute approximate surface area is 127 Å². The molecule has 0 unspecified atom stereocenters. The number of H-pyrrole nitrogens is 1. The van der Waals surface area contributed by atoms with E-state index in [-0.39, 0.29) is 0 Å². The molecule has 0 aliphatic rings. The fraction of sp³-hybridized carbons (Fsp3) is 0.300. The number of fused-ring (bicyclic) bond motifs is 1. The summed E-state index contributed by atoms with van der Waals surface area (Å²) in [5.41, 5.74) is 6.68. The second kappa shape index (κ2) is 6.17. The monoisotopic (exact) mass is 277 g/mol. The first-order chi connectivity index (χ1) is 10.3. The molecule has 3 aromatic rings. The van der Waals surface area contributed by atoms with Crippen LogP contribution in [0.4, 0.5) is 0 Å². The van der Waals surface area contributed by atoms with Crippen molar-refractivity contribution in [2.45, 2.75) is 39.5 Å². The summed E-state index contributed by atoms with van der Waals surface area (Å²) >= 11 is 0. The second-order valence-electron chi connectivity index (χ2n) is 5.81. The van der Waals surface area contributed by atoms with Gasteiger partial charge >= 0.3 is 0 Å². The van der Waals surface area contributed by atoms with Gasteiger partial charge in [-0.3, -0.25) is 0 Å². The smallest absolute Gasteiger partial charge is 0.0459 e. The lowest BCUT2D eigenvalue weighted by Gasteiger charge is -2.04. The van der Waals surface area contributed by atoms with Crippen molar-refractivity contribution in [3.63, 3.8) is 0 Å². The molecule has 21 heavy (non-hydrogen) atoms. The molecule has 0 spiro atoms. The van der Waals surface area contributed by atoms with Crippen LogP contribution in [-0.4, -0.2) is 4.98 Å². The molecule has 108 valence electrons. The molecule has 1 heteroatoms. The Kier molecular flexibility index (Phi) is 4.10. The molecular formula is C20H23N. The van der Waals surface area contributed by atoms with E-state index < -0.39 is 0 Å². The Morgan fingerprint density at radius 3 is 2.48 bits per heavy atom. The predicted octanol–water partition coefficient (Wildman–Crippen LogP) is 5.88. The van der Waals surface area contributed by atoms with E-state index >= 15 is 0 Å². The number of nitrogens with one attached hydrogen (secondary N) is 1.